The maximum absolute atomic E-state index is 12.7. The van der Waals surface area contributed by atoms with Gasteiger partial charge in [0.15, 0.2) is 5.82 Å². The number of para-hydroxylation sites is 2. The van der Waals surface area contributed by atoms with Crippen molar-refractivity contribution in [3.8, 4) is 34.0 Å². The molecule has 0 bridgehead atoms. The summed E-state index contributed by atoms with van der Waals surface area (Å²) in [4.78, 5) is 33.9. The minimum atomic E-state index is -0.336. The Labute approximate surface area is 285 Å². The number of rotatable bonds is 6. The normalized spacial score (nSPS) is 23.5. The second-order valence-electron chi connectivity index (χ2n) is 13.7. The highest BCUT2D eigenvalue weighted by atomic mass is 16.5. The van der Waals surface area contributed by atoms with Crippen LogP contribution in [-0.4, -0.2) is 79.9 Å². The lowest BCUT2D eigenvalue weighted by Gasteiger charge is -2.42. The van der Waals surface area contributed by atoms with E-state index in [1.54, 1.807) is 18.2 Å². The third-order valence-corrected chi connectivity index (χ3v) is 11.0. The van der Waals surface area contributed by atoms with Gasteiger partial charge in [-0.2, -0.15) is 0 Å². The molecule has 2 aromatic carbocycles. The highest BCUT2D eigenvalue weighted by Crippen LogP contribution is 2.45. The average molecular weight is 663 g/mol. The van der Waals surface area contributed by atoms with Crippen LogP contribution in [0.5, 0.6) is 11.5 Å². The number of amides is 2. The molecule has 3 aliphatic heterocycles. The van der Waals surface area contributed by atoms with Crippen LogP contribution in [0.25, 0.3) is 22.5 Å². The molecule has 8 rings (SSSR count). The number of phenolic OH excluding ortho intramolecular Hbond substituents is 1. The minimum Gasteiger partial charge on any atom is -0.507 e. The van der Waals surface area contributed by atoms with E-state index in [4.69, 9.17) is 10.5 Å². The van der Waals surface area contributed by atoms with Gasteiger partial charge in [0.25, 0.3) is 0 Å². The molecule has 4 aliphatic rings. The van der Waals surface area contributed by atoms with Crippen molar-refractivity contribution in [3.63, 3.8) is 0 Å². The zero-order valence-electron chi connectivity index (χ0n) is 27.5. The predicted molar refractivity (Wildman–Crippen MR) is 185 cm³/mol. The van der Waals surface area contributed by atoms with E-state index in [1.165, 1.54) is 5.56 Å². The van der Waals surface area contributed by atoms with E-state index >= 15 is 0 Å². The molecule has 2 saturated heterocycles. The Kier molecular flexibility index (Phi) is 8.40. The first kappa shape index (κ1) is 31.3. The van der Waals surface area contributed by atoms with Crippen LogP contribution in [0.3, 0.4) is 0 Å². The van der Waals surface area contributed by atoms with Crippen LogP contribution in [-0.2, 0) is 9.59 Å². The first-order chi connectivity index (χ1) is 23.9. The molecule has 12 heteroatoms. The van der Waals surface area contributed by atoms with Crippen molar-refractivity contribution >= 4 is 23.3 Å². The second kappa shape index (κ2) is 13.1. The first-order valence-electron chi connectivity index (χ1n) is 17.5. The van der Waals surface area contributed by atoms with Gasteiger partial charge in [0.05, 0.1) is 29.9 Å². The van der Waals surface area contributed by atoms with Crippen molar-refractivity contribution in [1.82, 2.24) is 30.0 Å². The van der Waals surface area contributed by atoms with Gasteiger partial charge in [0.1, 0.15) is 24.1 Å². The number of fused-ring (bicyclic) bond motifs is 1. The number of imide groups is 1. The van der Waals surface area contributed by atoms with Gasteiger partial charge in [0.2, 0.25) is 11.8 Å². The Bertz CT molecular complexity index is 1860. The third-order valence-electron chi connectivity index (χ3n) is 11.0. The van der Waals surface area contributed by atoms with Crippen LogP contribution in [0.4, 0.5) is 11.5 Å². The van der Waals surface area contributed by atoms with Crippen LogP contribution in [0.1, 0.15) is 68.9 Å². The molecule has 2 amide bonds. The number of ether oxygens (including phenoxy) is 1. The van der Waals surface area contributed by atoms with Crippen LogP contribution >= 0.6 is 0 Å². The number of aromatic hydroxyl groups is 1. The molecule has 3 fully saturated rings. The van der Waals surface area contributed by atoms with Crippen LogP contribution in [0.15, 0.2) is 61.1 Å². The molecule has 254 valence electrons. The quantitative estimate of drug-likeness (QED) is 0.249. The van der Waals surface area contributed by atoms with Crippen LogP contribution in [0, 0.1) is 0 Å². The van der Waals surface area contributed by atoms with Gasteiger partial charge in [-0.25, -0.2) is 4.98 Å². The summed E-state index contributed by atoms with van der Waals surface area (Å²) in [6.07, 6.45) is 11.5. The molecule has 49 heavy (non-hydrogen) atoms. The Hall–Kier alpha value is -4.97. The lowest BCUT2D eigenvalue weighted by atomic mass is 9.80. The van der Waals surface area contributed by atoms with Gasteiger partial charge in [0, 0.05) is 48.9 Å². The van der Waals surface area contributed by atoms with E-state index < -0.39 is 0 Å². The molecular formula is C37H42N8O4. The van der Waals surface area contributed by atoms with E-state index in [0.29, 0.717) is 66.6 Å². The molecule has 4 N–H and O–H groups in total. The Balaban J connectivity index is 0.884. The number of phenols is 1. The molecule has 0 unspecified atom stereocenters. The Morgan fingerprint density at radius 3 is 2.47 bits per heavy atom. The zero-order valence-corrected chi connectivity index (χ0v) is 27.5. The number of benzene rings is 2. The summed E-state index contributed by atoms with van der Waals surface area (Å²) >= 11 is 0. The largest absolute Gasteiger partial charge is 0.507 e. The summed E-state index contributed by atoms with van der Waals surface area (Å²) in [5.74, 6) is 1.40. The van der Waals surface area contributed by atoms with Crippen molar-refractivity contribution in [2.45, 2.75) is 75.4 Å². The number of likely N-dealkylation sites (tertiary alicyclic amines) is 1. The van der Waals surface area contributed by atoms with Crippen LogP contribution < -0.4 is 20.7 Å². The number of anilines is 2. The molecule has 5 heterocycles. The number of nitrogens with zero attached hydrogens (tertiary/aromatic N) is 6. The maximum atomic E-state index is 12.7. The van der Waals surface area contributed by atoms with Crippen molar-refractivity contribution in [1.29, 1.82) is 0 Å². The Morgan fingerprint density at radius 2 is 1.67 bits per heavy atom. The summed E-state index contributed by atoms with van der Waals surface area (Å²) in [5.41, 5.74) is 11.1. The van der Waals surface area contributed by atoms with Crippen molar-refractivity contribution in [2.24, 2.45) is 0 Å². The van der Waals surface area contributed by atoms with Gasteiger partial charge in [-0.1, -0.05) is 24.3 Å². The first-order valence-corrected chi connectivity index (χ1v) is 17.5. The maximum Gasteiger partial charge on any atom is 0.249 e. The summed E-state index contributed by atoms with van der Waals surface area (Å²) in [6, 6.07) is 15.8. The number of nitrogens with one attached hydrogen (secondary N) is 1. The number of nitrogen functional groups attached to an aromatic ring is 1. The molecule has 1 atom stereocenters. The van der Waals surface area contributed by atoms with E-state index in [0.717, 1.165) is 68.7 Å². The highest BCUT2D eigenvalue weighted by Gasteiger charge is 2.37. The van der Waals surface area contributed by atoms with Gasteiger partial charge >= 0.3 is 0 Å². The molecule has 0 spiro atoms. The fraction of sp³-hybridized carbons (Fsp3) is 0.432. The third kappa shape index (κ3) is 6.09. The topological polar surface area (TPSA) is 152 Å². The average Bonchev–Trinajstić information content (AvgIpc) is 3.62. The van der Waals surface area contributed by atoms with Crippen LogP contribution in [0.2, 0.25) is 0 Å². The zero-order chi connectivity index (χ0) is 33.5. The molecule has 1 saturated carbocycles. The van der Waals surface area contributed by atoms with Crippen molar-refractivity contribution in [3.05, 3.63) is 66.6 Å². The molecule has 1 aliphatic carbocycles. The lowest BCUT2D eigenvalue weighted by molar-refractivity contribution is -0.134. The monoisotopic (exact) mass is 662 g/mol. The van der Waals surface area contributed by atoms with Gasteiger partial charge in [-0.05, 0) is 80.7 Å². The fourth-order valence-corrected chi connectivity index (χ4v) is 8.32. The highest BCUT2D eigenvalue weighted by molar-refractivity contribution is 6.02. The fourth-order valence-electron chi connectivity index (χ4n) is 8.32. The number of hydrogen-bond donors (Lipinski definition) is 3. The van der Waals surface area contributed by atoms with E-state index in [9.17, 15) is 14.7 Å². The second-order valence-corrected chi connectivity index (χ2v) is 13.7. The SMILES string of the molecule is Nc1nnc(-c2ccccc2O)cc1-c1cn(C2CCN([C@H]3CC[C@H](c4cccc5c4OCCN5[C@@H]4CCC(=O)NC4=O)CC3)CC2)cn1. The predicted octanol–water partition coefficient (Wildman–Crippen LogP) is 4.66. The number of nitrogens with two attached hydrogens (primary N) is 1. The van der Waals surface area contributed by atoms with E-state index in [-0.39, 0.29) is 23.6 Å². The number of piperidine rings is 2. The summed E-state index contributed by atoms with van der Waals surface area (Å²) in [5, 5.41) is 21.2. The lowest BCUT2D eigenvalue weighted by Crippen LogP contribution is -2.54. The molecule has 0 radical (unpaired) electrons. The summed E-state index contributed by atoms with van der Waals surface area (Å²) in [6.45, 7) is 3.28. The van der Waals surface area contributed by atoms with Gasteiger partial charge in [-0.15, -0.1) is 10.2 Å². The number of carbonyl (C=O) groups is 2. The summed E-state index contributed by atoms with van der Waals surface area (Å²) < 4.78 is 8.48. The molecule has 12 nitrogen and oxygen atoms in total. The smallest absolute Gasteiger partial charge is 0.249 e. The van der Waals surface area contributed by atoms with Crippen molar-refractivity contribution < 1.29 is 19.4 Å². The Morgan fingerprint density at radius 1 is 0.857 bits per heavy atom. The number of imidazole rings is 1. The number of aromatic nitrogens is 4. The number of carbonyl (C=O) groups excluding carboxylic acids is 2. The molecule has 2 aromatic heterocycles. The number of hydrogen-bond acceptors (Lipinski definition) is 10. The van der Waals surface area contributed by atoms with Crippen molar-refractivity contribution in [2.75, 3.05) is 36.9 Å². The standard InChI is InChI=1S/C37H42N8O4/c38-36-28(20-29(41-42-36)27-4-1-2-7-33(27)46)30-21-44(22-39-30)25-14-16-43(17-15-25)24-10-8-23(9-11-24)26-5-3-6-31-35(26)49-19-18-45(31)32-12-13-34(47)40-37(32)48/h1-7,20-25,32,46H,8-19H2,(H2,38,42)(H,40,47,48)/t23-,24-,32-/m1/s1. The summed E-state index contributed by atoms with van der Waals surface area (Å²) in [7, 11) is 0. The van der Waals surface area contributed by atoms with E-state index in [2.05, 4.69) is 59.3 Å². The molecular weight excluding hydrogens is 620 g/mol. The minimum absolute atomic E-state index is 0.143. The van der Waals surface area contributed by atoms with Gasteiger partial charge < -0.3 is 29.9 Å². The van der Waals surface area contributed by atoms with E-state index in [1.807, 2.05) is 18.5 Å². The van der Waals surface area contributed by atoms with Gasteiger partial charge in [-0.3, -0.25) is 14.9 Å². The molecule has 4 aromatic rings.